The van der Waals surface area contributed by atoms with Gasteiger partial charge in [-0.05, 0) is 26.3 Å². The third-order valence-electron chi connectivity index (χ3n) is 3.90. The number of fused-ring (bicyclic) bond motifs is 1. The Kier molecular flexibility index (Phi) is 5.66. The van der Waals surface area contributed by atoms with Gasteiger partial charge in [-0.1, -0.05) is 6.92 Å². The molecule has 11 heteroatoms. The Morgan fingerprint density at radius 3 is 2.55 bits per heavy atom. The first-order valence-electron chi connectivity index (χ1n) is 9.04. The van der Waals surface area contributed by atoms with E-state index < -0.39 is 18.0 Å². The molecule has 1 amide bonds. The number of hydrogen-bond donors (Lipinski definition) is 1. The number of anilines is 1. The average molecular weight is 403 g/mol. The highest BCUT2D eigenvalue weighted by Crippen LogP contribution is 2.28. The Labute approximate surface area is 165 Å². The van der Waals surface area contributed by atoms with Gasteiger partial charge in [0.05, 0.1) is 18.9 Å². The summed E-state index contributed by atoms with van der Waals surface area (Å²) >= 11 is 0. The predicted octanol–water partition coefficient (Wildman–Crippen LogP) is 2.49. The van der Waals surface area contributed by atoms with Crippen molar-refractivity contribution in [3.8, 4) is 0 Å². The Bertz CT molecular complexity index is 1080. The van der Waals surface area contributed by atoms with Crippen LogP contribution in [0.4, 0.5) is 10.6 Å². The molecule has 0 aliphatic carbocycles. The van der Waals surface area contributed by atoms with Crippen molar-refractivity contribution in [2.75, 3.05) is 18.5 Å². The number of hydrogen-bond acceptors (Lipinski definition) is 8. The number of furan rings is 1. The lowest BCUT2D eigenvalue weighted by Gasteiger charge is -2.03. The van der Waals surface area contributed by atoms with E-state index in [2.05, 4.69) is 15.5 Å². The first-order valence-corrected chi connectivity index (χ1v) is 9.04. The fraction of sp³-hybridized carbons (Fsp3) is 0.389. The molecule has 0 aliphatic heterocycles. The van der Waals surface area contributed by atoms with Gasteiger partial charge in [0.25, 0.3) is 5.91 Å². The van der Waals surface area contributed by atoms with E-state index in [1.54, 1.807) is 27.0 Å². The summed E-state index contributed by atoms with van der Waals surface area (Å²) in [5, 5.41) is 10.8. The summed E-state index contributed by atoms with van der Waals surface area (Å²) in [5.41, 5.74) is 1.17. The molecule has 3 heterocycles. The largest absolute Gasteiger partial charge is 0.460 e. The fourth-order valence-corrected chi connectivity index (χ4v) is 2.67. The molecule has 29 heavy (non-hydrogen) atoms. The summed E-state index contributed by atoms with van der Waals surface area (Å²) in [5.74, 6) is -1.34. The van der Waals surface area contributed by atoms with Crippen molar-refractivity contribution >= 4 is 34.9 Å². The van der Waals surface area contributed by atoms with Crippen LogP contribution in [0.1, 0.15) is 47.0 Å². The fourth-order valence-electron chi connectivity index (χ4n) is 2.67. The Hall–Kier alpha value is -3.63. The molecule has 0 spiro atoms. The zero-order valence-electron chi connectivity index (χ0n) is 16.5. The number of aromatic nitrogens is 4. The Morgan fingerprint density at radius 2 is 1.93 bits per heavy atom. The van der Waals surface area contributed by atoms with Crippen LogP contribution in [0.5, 0.6) is 0 Å². The van der Waals surface area contributed by atoms with E-state index in [0.717, 1.165) is 4.68 Å². The lowest BCUT2D eigenvalue weighted by Crippen LogP contribution is -2.18. The molecule has 1 N–H and O–H groups in total. The number of rotatable bonds is 6. The van der Waals surface area contributed by atoms with Crippen molar-refractivity contribution < 1.29 is 28.3 Å². The number of nitrogens with zero attached hydrogens (tertiary/aromatic N) is 4. The molecule has 0 aromatic carbocycles. The van der Waals surface area contributed by atoms with Crippen LogP contribution in [0.25, 0.3) is 11.1 Å². The van der Waals surface area contributed by atoms with Crippen LogP contribution >= 0.6 is 0 Å². The number of esters is 1. The molecule has 0 saturated heterocycles. The molecular weight excluding hydrogens is 382 g/mol. The van der Waals surface area contributed by atoms with Crippen LogP contribution < -0.4 is 5.32 Å². The summed E-state index contributed by atoms with van der Waals surface area (Å²) in [7, 11) is 1.63. The van der Waals surface area contributed by atoms with Crippen molar-refractivity contribution in [3.05, 3.63) is 29.3 Å². The highest BCUT2D eigenvalue weighted by molar-refractivity contribution is 6.07. The molecule has 3 rings (SSSR count). The lowest BCUT2D eigenvalue weighted by molar-refractivity contribution is 0.0471. The van der Waals surface area contributed by atoms with Gasteiger partial charge in [-0.25, -0.2) is 9.59 Å². The van der Waals surface area contributed by atoms with Crippen molar-refractivity contribution in [2.45, 2.75) is 27.2 Å². The Balaban J connectivity index is 2.00. The maximum atomic E-state index is 12.6. The van der Waals surface area contributed by atoms with Crippen LogP contribution in [0.2, 0.25) is 0 Å². The third-order valence-corrected chi connectivity index (χ3v) is 3.90. The summed E-state index contributed by atoms with van der Waals surface area (Å²) in [4.78, 5) is 37.0. The van der Waals surface area contributed by atoms with Gasteiger partial charge in [-0.3, -0.25) is 9.48 Å². The van der Waals surface area contributed by atoms with Crippen LogP contribution in [0.3, 0.4) is 0 Å². The normalized spacial score (nSPS) is 10.9. The van der Waals surface area contributed by atoms with Crippen molar-refractivity contribution in [3.63, 3.8) is 0 Å². The van der Waals surface area contributed by atoms with Crippen molar-refractivity contribution in [2.24, 2.45) is 7.05 Å². The summed E-state index contributed by atoms with van der Waals surface area (Å²) in [6.07, 6.45) is -0.128. The van der Waals surface area contributed by atoms with E-state index in [1.807, 2.05) is 6.92 Å². The summed E-state index contributed by atoms with van der Waals surface area (Å²) in [6, 6.07) is 2.92. The second-order valence-electron chi connectivity index (χ2n) is 6.17. The predicted molar refractivity (Wildman–Crippen MR) is 101 cm³/mol. The average Bonchev–Trinajstić information content (AvgIpc) is 3.34. The highest BCUT2D eigenvalue weighted by atomic mass is 16.6. The zero-order valence-corrected chi connectivity index (χ0v) is 16.5. The second-order valence-corrected chi connectivity index (χ2v) is 6.17. The monoisotopic (exact) mass is 403 g/mol. The number of amides is 1. The van der Waals surface area contributed by atoms with Crippen LogP contribution in [-0.2, 0) is 16.5 Å². The zero-order chi connectivity index (χ0) is 21.1. The molecule has 0 unspecified atom stereocenters. The maximum absolute atomic E-state index is 12.6. The highest BCUT2D eigenvalue weighted by Gasteiger charge is 2.26. The molecule has 0 bridgehead atoms. The van der Waals surface area contributed by atoms with Gasteiger partial charge in [0.15, 0.2) is 11.4 Å². The summed E-state index contributed by atoms with van der Waals surface area (Å²) in [6.45, 7) is 5.61. The first kappa shape index (κ1) is 20.1. The molecule has 0 atom stereocenters. The van der Waals surface area contributed by atoms with Crippen LogP contribution in [-0.4, -0.2) is 50.7 Å². The van der Waals surface area contributed by atoms with E-state index in [9.17, 15) is 14.4 Å². The van der Waals surface area contributed by atoms with Crippen molar-refractivity contribution in [1.82, 2.24) is 19.6 Å². The lowest BCUT2D eigenvalue weighted by atomic mass is 10.3. The number of aryl methyl sites for hydroxylation is 2. The standard InChI is InChI=1S/C18H21N5O6/c1-5-7-28-17(25)13-9-11-14(29-13)15(21-23(11)18(26)27-6-2)19-16(24)12-8-10(3)20-22(12)4/h8-9H,5-7H2,1-4H3,(H,19,21,24). The molecule has 0 fully saturated rings. The molecule has 0 aliphatic rings. The number of ether oxygens (including phenoxy) is 2. The van der Waals surface area contributed by atoms with E-state index in [0.29, 0.717) is 12.1 Å². The van der Waals surface area contributed by atoms with Gasteiger partial charge in [-0.15, -0.1) is 5.10 Å². The van der Waals surface area contributed by atoms with E-state index >= 15 is 0 Å². The van der Waals surface area contributed by atoms with Gasteiger partial charge in [0, 0.05) is 13.1 Å². The molecule has 0 radical (unpaired) electrons. The topological polar surface area (TPSA) is 130 Å². The van der Waals surface area contributed by atoms with Crippen LogP contribution in [0.15, 0.2) is 16.5 Å². The van der Waals surface area contributed by atoms with Gasteiger partial charge in [0.1, 0.15) is 11.2 Å². The van der Waals surface area contributed by atoms with Gasteiger partial charge < -0.3 is 19.2 Å². The van der Waals surface area contributed by atoms with E-state index in [1.165, 1.54) is 10.7 Å². The minimum Gasteiger partial charge on any atom is -0.460 e. The SMILES string of the molecule is CCCOC(=O)c1cc2c(o1)c(NC(=O)c1cc(C)nn1C)nn2C(=O)OCC. The molecule has 0 saturated carbocycles. The van der Waals surface area contributed by atoms with Gasteiger partial charge >= 0.3 is 12.1 Å². The molecule has 3 aromatic rings. The quantitative estimate of drug-likeness (QED) is 0.621. The van der Waals surface area contributed by atoms with Crippen LogP contribution in [0, 0.1) is 6.92 Å². The molecule has 154 valence electrons. The number of carbonyl (C=O) groups excluding carboxylic acids is 3. The number of nitrogens with one attached hydrogen (secondary N) is 1. The Morgan fingerprint density at radius 1 is 1.17 bits per heavy atom. The van der Waals surface area contributed by atoms with E-state index in [-0.39, 0.29) is 41.6 Å². The van der Waals surface area contributed by atoms with Crippen molar-refractivity contribution in [1.29, 1.82) is 0 Å². The first-order chi connectivity index (χ1) is 13.8. The maximum Gasteiger partial charge on any atom is 0.435 e. The third kappa shape index (κ3) is 3.98. The molecule has 11 nitrogen and oxygen atoms in total. The molecule has 3 aromatic heterocycles. The smallest absolute Gasteiger partial charge is 0.435 e. The molecular formula is C18H21N5O6. The second kappa shape index (κ2) is 8.17. The summed E-state index contributed by atoms with van der Waals surface area (Å²) < 4.78 is 17.9. The number of carbonyl (C=O) groups is 3. The van der Waals surface area contributed by atoms with E-state index in [4.69, 9.17) is 13.9 Å². The van der Waals surface area contributed by atoms with Gasteiger partial charge in [-0.2, -0.15) is 9.78 Å². The minimum atomic E-state index is -0.774. The van der Waals surface area contributed by atoms with Gasteiger partial charge in [0.2, 0.25) is 5.76 Å². The minimum absolute atomic E-state index is 0.0357.